The average Bonchev–Trinajstić information content (AvgIpc) is 3.58. The Morgan fingerprint density at radius 1 is 0.875 bits per heavy atom. The van der Waals surface area contributed by atoms with Gasteiger partial charge in [0.15, 0.2) is 5.70 Å². The van der Waals surface area contributed by atoms with Crippen LogP contribution in [0.2, 0.25) is 0 Å². The lowest BCUT2D eigenvalue weighted by Crippen LogP contribution is -2.55. The van der Waals surface area contributed by atoms with E-state index in [1.54, 1.807) is 24.3 Å². The first kappa shape index (κ1) is 32.7. The molecule has 1 spiro atoms. The second-order valence-corrected chi connectivity index (χ2v) is 13.1. The van der Waals surface area contributed by atoms with E-state index in [2.05, 4.69) is 4.99 Å². The van der Waals surface area contributed by atoms with E-state index in [1.807, 2.05) is 35.2 Å². The minimum absolute atomic E-state index is 0.168. The molecule has 3 atom stereocenters. The number of aliphatic imine (C=N–C) groups is 1. The van der Waals surface area contributed by atoms with Crippen LogP contribution in [0.4, 0.5) is 18.9 Å². The van der Waals surface area contributed by atoms with Crippen molar-refractivity contribution in [3.63, 3.8) is 0 Å². The summed E-state index contributed by atoms with van der Waals surface area (Å²) in [5.74, 6) is -3.32. The van der Waals surface area contributed by atoms with E-state index in [4.69, 9.17) is 14.2 Å². The Bertz CT molecular complexity index is 1980. The number of carbonyl (C=O) groups excluding carboxylic acids is 3. The number of sulfonamides is 1. The van der Waals surface area contributed by atoms with Crippen LogP contribution < -0.4 is 4.90 Å². The number of methoxy groups -OCH3 is 3. The third-order valence-electron chi connectivity index (χ3n) is 8.82. The normalized spacial score (nSPS) is 21.6. The summed E-state index contributed by atoms with van der Waals surface area (Å²) in [5.41, 5.74) is -1.59. The maximum Gasteiger partial charge on any atom is 0.416 e. The molecule has 0 aliphatic carbocycles. The summed E-state index contributed by atoms with van der Waals surface area (Å²) < 4.78 is 85.0. The first-order valence-corrected chi connectivity index (χ1v) is 15.9. The van der Waals surface area contributed by atoms with E-state index in [9.17, 15) is 36.0 Å². The third-order valence-corrected chi connectivity index (χ3v) is 10.6. The molecule has 0 radical (unpaired) electrons. The minimum atomic E-state index is -4.87. The zero-order valence-electron chi connectivity index (χ0n) is 25.7. The topological polar surface area (TPSA) is 132 Å². The van der Waals surface area contributed by atoms with E-state index >= 15 is 0 Å². The maximum atomic E-state index is 14.5. The molecular formula is C33H28F3N3O8S. The molecule has 0 saturated carbocycles. The molecule has 6 rings (SSSR count). The number of anilines is 1. The van der Waals surface area contributed by atoms with Gasteiger partial charge in [0.25, 0.3) is 10.0 Å². The Morgan fingerprint density at radius 3 is 2.10 bits per heavy atom. The van der Waals surface area contributed by atoms with Gasteiger partial charge in [-0.1, -0.05) is 48.5 Å². The Balaban J connectivity index is 1.67. The molecule has 48 heavy (non-hydrogen) atoms. The number of para-hydroxylation sites is 1. The molecular weight excluding hydrogens is 655 g/mol. The molecule has 3 aromatic rings. The predicted molar refractivity (Wildman–Crippen MR) is 164 cm³/mol. The van der Waals surface area contributed by atoms with Crippen molar-refractivity contribution in [3.05, 3.63) is 107 Å². The van der Waals surface area contributed by atoms with Gasteiger partial charge in [-0.2, -0.15) is 13.2 Å². The van der Waals surface area contributed by atoms with Crippen LogP contribution in [-0.2, 0) is 56.8 Å². The molecule has 15 heteroatoms. The fourth-order valence-corrected chi connectivity index (χ4v) is 8.48. The van der Waals surface area contributed by atoms with Crippen LogP contribution in [-0.4, -0.2) is 69.9 Å². The van der Waals surface area contributed by atoms with Gasteiger partial charge in [-0.25, -0.2) is 32.1 Å². The Hall–Kier alpha value is -5.18. The molecule has 0 N–H and O–H groups in total. The molecule has 3 aliphatic rings. The summed E-state index contributed by atoms with van der Waals surface area (Å²) in [6, 6.07) is 16.1. The smallest absolute Gasteiger partial charge is 0.416 e. The summed E-state index contributed by atoms with van der Waals surface area (Å²) in [7, 11) is -1.64. The highest BCUT2D eigenvalue weighted by atomic mass is 32.2. The number of carbonyl (C=O) groups is 3. The largest absolute Gasteiger partial charge is 0.467 e. The lowest BCUT2D eigenvalue weighted by molar-refractivity contribution is -0.144. The van der Waals surface area contributed by atoms with Gasteiger partial charge in [-0.3, -0.25) is 0 Å². The van der Waals surface area contributed by atoms with Crippen LogP contribution in [0.15, 0.2) is 100 Å². The molecule has 0 aromatic heterocycles. The zero-order valence-corrected chi connectivity index (χ0v) is 26.5. The minimum Gasteiger partial charge on any atom is -0.467 e. The van der Waals surface area contributed by atoms with Crippen LogP contribution >= 0.6 is 0 Å². The number of amidine groups is 1. The van der Waals surface area contributed by atoms with Crippen LogP contribution in [0, 0.1) is 0 Å². The molecule has 1 saturated heterocycles. The number of benzene rings is 3. The van der Waals surface area contributed by atoms with Gasteiger partial charge in [0.05, 0.1) is 48.8 Å². The highest BCUT2D eigenvalue weighted by molar-refractivity contribution is 7.89. The van der Waals surface area contributed by atoms with E-state index in [1.165, 1.54) is 0 Å². The number of alkyl halides is 3. The molecule has 11 nitrogen and oxygen atoms in total. The number of rotatable bonds is 7. The van der Waals surface area contributed by atoms with Gasteiger partial charge in [0.1, 0.15) is 11.9 Å². The van der Waals surface area contributed by atoms with Gasteiger partial charge >= 0.3 is 24.1 Å². The van der Waals surface area contributed by atoms with Crippen molar-refractivity contribution in [1.82, 2.24) is 4.31 Å². The van der Waals surface area contributed by atoms with Crippen molar-refractivity contribution in [2.75, 3.05) is 26.2 Å². The van der Waals surface area contributed by atoms with Gasteiger partial charge in [-0.05, 0) is 47.9 Å². The average molecular weight is 684 g/mol. The second-order valence-electron chi connectivity index (χ2n) is 11.3. The maximum absolute atomic E-state index is 14.5. The van der Waals surface area contributed by atoms with E-state index in [0.29, 0.717) is 27.7 Å². The Kier molecular flexibility index (Phi) is 8.06. The summed E-state index contributed by atoms with van der Waals surface area (Å²) >= 11 is 0. The standard InChI is InChI=1S/C33H28F3N3O8S/c1-45-28(40)24-17-32-22-11-7-8-12-23(22)38(18-19-9-5-4-6-10-19)27(32)25(29(41)46-2)26(30(42)47-3)37-31(32)39(24)48(43,44)21-15-13-20(14-16-21)33(34,35)36/h4-16,24,27H,17-18H2,1-3H3/t24-,27?,32-/m0/s1. The molecule has 0 bridgehead atoms. The molecule has 1 unspecified atom stereocenters. The lowest BCUT2D eigenvalue weighted by Gasteiger charge is -2.40. The zero-order chi connectivity index (χ0) is 34.6. The van der Waals surface area contributed by atoms with Gasteiger partial charge in [-0.15, -0.1) is 0 Å². The van der Waals surface area contributed by atoms with Gasteiger partial charge in [0.2, 0.25) is 0 Å². The van der Waals surface area contributed by atoms with Crippen LogP contribution in [0.1, 0.15) is 23.1 Å². The summed E-state index contributed by atoms with van der Waals surface area (Å²) in [6.07, 6.45) is -5.05. The van der Waals surface area contributed by atoms with Crippen molar-refractivity contribution in [2.45, 2.75) is 41.5 Å². The van der Waals surface area contributed by atoms with Crippen molar-refractivity contribution in [3.8, 4) is 0 Å². The van der Waals surface area contributed by atoms with Crippen molar-refractivity contribution in [1.29, 1.82) is 0 Å². The number of ether oxygens (including phenoxy) is 3. The number of nitrogens with zero attached hydrogens (tertiary/aromatic N) is 3. The summed E-state index contributed by atoms with van der Waals surface area (Å²) in [4.78, 5) is 46.3. The second kappa shape index (κ2) is 11.8. The van der Waals surface area contributed by atoms with Gasteiger partial charge in [0, 0.05) is 12.2 Å². The molecule has 3 heterocycles. The van der Waals surface area contributed by atoms with E-state index in [-0.39, 0.29) is 24.4 Å². The molecule has 1 fully saturated rings. The fraction of sp³-hybridized carbons (Fsp3) is 0.273. The van der Waals surface area contributed by atoms with Crippen LogP contribution in [0.3, 0.4) is 0 Å². The number of hydrogen-bond donors (Lipinski definition) is 0. The number of esters is 3. The summed E-state index contributed by atoms with van der Waals surface area (Å²) in [6.45, 7) is 0.168. The predicted octanol–water partition coefficient (Wildman–Crippen LogP) is 3.98. The fourth-order valence-electron chi connectivity index (χ4n) is 6.84. The number of fused-ring (bicyclic) bond motifs is 1. The van der Waals surface area contributed by atoms with Crippen LogP contribution in [0.25, 0.3) is 0 Å². The first-order valence-electron chi connectivity index (χ1n) is 14.5. The Morgan fingerprint density at radius 2 is 1.50 bits per heavy atom. The van der Waals surface area contributed by atoms with Gasteiger partial charge < -0.3 is 19.1 Å². The third kappa shape index (κ3) is 4.91. The number of hydrogen-bond acceptors (Lipinski definition) is 10. The molecule has 250 valence electrons. The SMILES string of the molecule is COC(=O)C1=C(C(=O)OC)C2N(Cc3ccccc3)c3ccccc3[C@@]23C[C@@H](C(=O)OC)N(S(=O)(=O)c2ccc(C(F)(F)F)cc2)C3=N1. The van der Waals surface area contributed by atoms with Crippen molar-refractivity contribution < 1.29 is 50.2 Å². The lowest BCUT2D eigenvalue weighted by atomic mass is 9.69. The molecule has 3 aliphatic heterocycles. The highest BCUT2D eigenvalue weighted by Gasteiger charge is 2.68. The molecule has 3 aromatic carbocycles. The quantitative estimate of drug-likeness (QED) is 0.268. The van der Waals surface area contributed by atoms with Crippen LogP contribution in [0.5, 0.6) is 0 Å². The van der Waals surface area contributed by atoms with E-state index < -0.39 is 67.8 Å². The molecule has 0 amide bonds. The Labute approximate surface area is 273 Å². The monoisotopic (exact) mass is 683 g/mol. The summed E-state index contributed by atoms with van der Waals surface area (Å²) in [5, 5.41) is 0. The van der Waals surface area contributed by atoms with Crippen molar-refractivity contribution >= 4 is 39.5 Å². The highest BCUT2D eigenvalue weighted by Crippen LogP contribution is 2.59. The van der Waals surface area contributed by atoms with E-state index in [0.717, 1.165) is 39.0 Å². The van der Waals surface area contributed by atoms with Crippen molar-refractivity contribution in [2.24, 2.45) is 4.99 Å². The first-order chi connectivity index (χ1) is 22.8. The number of halogens is 3.